The molecule has 0 aliphatic carbocycles. The molecule has 3 rings (SSSR count). The van der Waals surface area contributed by atoms with Crippen molar-refractivity contribution in [1.82, 2.24) is 14.7 Å². The van der Waals surface area contributed by atoms with Crippen LogP contribution in [0.2, 0.25) is 0 Å². The number of nitrogens with one attached hydrogen (secondary N) is 1. The van der Waals surface area contributed by atoms with Crippen molar-refractivity contribution in [2.45, 2.75) is 6.18 Å². The third kappa shape index (κ3) is 5.34. The summed E-state index contributed by atoms with van der Waals surface area (Å²) in [6.45, 7) is -1.24. The average molecular weight is 454 g/mol. The number of hydrogen-bond acceptors (Lipinski definition) is 7. The molecule has 0 unspecified atom stereocenters. The van der Waals surface area contributed by atoms with Crippen molar-refractivity contribution in [3.63, 3.8) is 0 Å². The van der Waals surface area contributed by atoms with Gasteiger partial charge in [0.05, 0.1) is 11.1 Å². The number of alkyl halides is 4. The number of oxime groups is 1. The van der Waals surface area contributed by atoms with Crippen molar-refractivity contribution in [2.24, 2.45) is 5.16 Å². The maximum absolute atomic E-state index is 12.9. The predicted octanol–water partition coefficient (Wildman–Crippen LogP) is 4.41. The van der Waals surface area contributed by atoms with E-state index in [-0.39, 0.29) is 33.6 Å². The van der Waals surface area contributed by atoms with Gasteiger partial charge in [0.15, 0.2) is 11.5 Å². The second-order valence-corrected chi connectivity index (χ2v) is 6.53. The minimum Gasteiger partial charge on any atom is -0.429 e. The number of likely N-dealkylation sites (N-methyl/N-ethyl adjacent to an activating group) is 1. The molecule has 0 aliphatic rings. The Hall–Kier alpha value is -3.54. The Morgan fingerprint density at radius 1 is 1.19 bits per heavy atom. The van der Waals surface area contributed by atoms with E-state index in [4.69, 9.17) is 4.74 Å². The summed E-state index contributed by atoms with van der Waals surface area (Å²) >= 11 is 0.809. The van der Waals surface area contributed by atoms with Gasteiger partial charge < -0.3 is 14.9 Å². The van der Waals surface area contributed by atoms with Crippen LogP contribution in [-0.4, -0.2) is 34.9 Å². The van der Waals surface area contributed by atoms with Gasteiger partial charge >= 0.3 is 6.18 Å². The van der Waals surface area contributed by atoms with Crippen molar-refractivity contribution in [3.8, 4) is 22.3 Å². The zero-order valence-electron chi connectivity index (χ0n) is 15.8. The number of benzene rings is 2. The molecule has 1 N–H and O–H groups in total. The first-order valence-corrected chi connectivity index (χ1v) is 9.37. The van der Waals surface area contributed by atoms with E-state index in [0.29, 0.717) is 0 Å². The van der Waals surface area contributed by atoms with Gasteiger partial charge in [0.2, 0.25) is 0 Å². The molecule has 0 saturated carbocycles. The number of para-hydroxylation sites is 1. The Morgan fingerprint density at radius 2 is 1.97 bits per heavy atom. The van der Waals surface area contributed by atoms with Crippen LogP contribution in [0.3, 0.4) is 0 Å². The number of halogens is 4. The summed E-state index contributed by atoms with van der Waals surface area (Å²) in [4.78, 5) is 20.6. The third-order valence-electron chi connectivity index (χ3n) is 3.84. The molecule has 3 aromatic rings. The highest BCUT2D eigenvalue weighted by Gasteiger charge is 2.30. The van der Waals surface area contributed by atoms with Gasteiger partial charge in [0.1, 0.15) is 5.75 Å². The first-order chi connectivity index (χ1) is 14.8. The summed E-state index contributed by atoms with van der Waals surface area (Å²) in [5, 5.41) is 5.86. The number of rotatable bonds is 7. The third-order valence-corrected chi connectivity index (χ3v) is 4.44. The summed E-state index contributed by atoms with van der Waals surface area (Å²) in [6, 6.07) is 10.8. The van der Waals surface area contributed by atoms with Crippen LogP contribution >= 0.6 is 11.5 Å². The molecule has 0 saturated heterocycles. The summed E-state index contributed by atoms with van der Waals surface area (Å²) in [5.74, 6) is -0.463. The number of nitrogens with zero attached hydrogens (tertiary/aromatic N) is 3. The Bertz CT molecular complexity index is 1100. The van der Waals surface area contributed by atoms with Crippen LogP contribution in [0.15, 0.2) is 53.7 Å². The van der Waals surface area contributed by atoms with E-state index in [0.717, 1.165) is 23.7 Å². The van der Waals surface area contributed by atoms with Crippen LogP contribution in [0.5, 0.6) is 10.9 Å². The SMILES string of the molecule is CNC(=O)C(=NOCF)c1ccccc1Oc1nc(-c2cccc(C(F)(F)F)c2)ns1. The summed E-state index contributed by atoms with van der Waals surface area (Å²) in [5.41, 5.74) is -0.713. The number of carbonyl (C=O) groups is 1. The molecule has 1 amide bonds. The van der Waals surface area contributed by atoms with E-state index in [1.165, 1.54) is 31.3 Å². The monoisotopic (exact) mass is 454 g/mol. The fraction of sp³-hybridized carbons (Fsp3) is 0.158. The molecular weight excluding hydrogens is 440 g/mol. The normalized spacial score (nSPS) is 11.8. The molecule has 0 aliphatic heterocycles. The van der Waals surface area contributed by atoms with Crippen molar-refractivity contribution in [2.75, 3.05) is 13.9 Å². The molecule has 1 heterocycles. The van der Waals surface area contributed by atoms with Gasteiger partial charge in [-0.05, 0) is 24.3 Å². The van der Waals surface area contributed by atoms with Crippen molar-refractivity contribution in [1.29, 1.82) is 0 Å². The molecule has 2 aromatic carbocycles. The van der Waals surface area contributed by atoms with Crippen molar-refractivity contribution < 1.29 is 31.9 Å². The number of hydrogen-bond donors (Lipinski definition) is 1. The molecule has 162 valence electrons. The van der Waals surface area contributed by atoms with Gasteiger partial charge in [0.25, 0.3) is 18.0 Å². The number of carbonyl (C=O) groups excluding carboxylic acids is 1. The van der Waals surface area contributed by atoms with Crippen LogP contribution in [0.1, 0.15) is 11.1 Å². The first kappa shape index (κ1) is 22.2. The maximum Gasteiger partial charge on any atom is 0.416 e. The Labute approximate surface area is 177 Å². The fourth-order valence-electron chi connectivity index (χ4n) is 2.47. The van der Waals surface area contributed by atoms with Gasteiger partial charge in [-0.15, -0.1) is 0 Å². The Balaban J connectivity index is 1.91. The highest BCUT2D eigenvalue weighted by molar-refractivity contribution is 7.07. The van der Waals surface area contributed by atoms with Gasteiger partial charge in [-0.3, -0.25) is 4.79 Å². The van der Waals surface area contributed by atoms with E-state index in [2.05, 4.69) is 24.7 Å². The number of ether oxygens (including phenoxy) is 1. The largest absolute Gasteiger partial charge is 0.429 e. The van der Waals surface area contributed by atoms with Gasteiger partial charge in [-0.1, -0.05) is 29.4 Å². The zero-order chi connectivity index (χ0) is 22.4. The van der Waals surface area contributed by atoms with Crippen molar-refractivity contribution in [3.05, 3.63) is 59.7 Å². The highest BCUT2D eigenvalue weighted by Crippen LogP contribution is 2.33. The van der Waals surface area contributed by atoms with Crippen LogP contribution in [0.25, 0.3) is 11.4 Å². The Morgan fingerprint density at radius 3 is 2.68 bits per heavy atom. The zero-order valence-corrected chi connectivity index (χ0v) is 16.6. The molecule has 0 bridgehead atoms. The summed E-state index contributed by atoms with van der Waals surface area (Å²) < 4.78 is 60.9. The fourth-order valence-corrected chi connectivity index (χ4v) is 3.03. The highest BCUT2D eigenvalue weighted by atomic mass is 32.1. The molecule has 31 heavy (non-hydrogen) atoms. The number of aromatic nitrogens is 2. The molecule has 1 aromatic heterocycles. The van der Waals surface area contributed by atoms with E-state index in [9.17, 15) is 22.4 Å². The van der Waals surface area contributed by atoms with Gasteiger partial charge in [-0.2, -0.15) is 22.5 Å². The second-order valence-electron chi connectivity index (χ2n) is 5.82. The molecule has 0 spiro atoms. The van der Waals surface area contributed by atoms with E-state index in [1.807, 2.05) is 0 Å². The van der Waals surface area contributed by atoms with Crippen LogP contribution in [-0.2, 0) is 15.8 Å². The van der Waals surface area contributed by atoms with E-state index < -0.39 is 24.5 Å². The average Bonchev–Trinajstić information content (AvgIpc) is 3.23. The minimum atomic E-state index is -4.50. The molecule has 12 heteroatoms. The summed E-state index contributed by atoms with van der Waals surface area (Å²) in [7, 11) is 1.36. The quantitative estimate of drug-likeness (QED) is 0.325. The van der Waals surface area contributed by atoms with Gasteiger partial charge in [-0.25, -0.2) is 4.39 Å². The van der Waals surface area contributed by atoms with E-state index >= 15 is 0 Å². The van der Waals surface area contributed by atoms with E-state index in [1.54, 1.807) is 12.1 Å². The standard InChI is InChI=1S/C19H14F4N4O3S/c1-24-17(28)15(26-29-10-20)13-7-2-3-8-14(13)30-18-25-16(27-31-18)11-5-4-6-12(9-11)19(21,22)23/h2-9H,10H2,1H3,(H,24,28). The molecule has 7 nitrogen and oxygen atoms in total. The van der Waals surface area contributed by atoms with Crippen LogP contribution in [0, 0.1) is 0 Å². The molecule has 0 radical (unpaired) electrons. The lowest BCUT2D eigenvalue weighted by atomic mass is 10.1. The predicted molar refractivity (Wildman–Crippen MR) is 105 cm³/mol. The topological polar surface area (TPSA) is 85.7 Å². The maximum atomic E-state index is 12.9. The molecule has 0 atom stereocenters. The van der Waals surface area contributed by atoms with Crippen LogP contribution in [0.4, 0.5) is 17.6 Å². The first-order valence-electron chi connectivity index (χ1n) is 8.60. The lowest BCUT2D eigenvalue weighted by Crippen LogP contribution is -2.29. The van der Waals surface area contributed by atoms with Crippen molar-refractivity contribution >= 4 is 23.2 Å². The minimum absolute atomic E-state index is 0.0162. The summed E-state index contributed by atoms with van der Waals surface area (Å²) in [6.07, 6.45) is -4.50. The lowest BCUT2D eigenvalue weighted by molar-refractivity contribution is -0.137. The molecule has 0 fully saturated rings. The lowest BCUT2D eigenvalue weighted by Gasteiger charge is -2.10. The van der Waals surface area contributed by atoms with Gasteiger partial charge in [0, 0.05) is 24.1 Å². The molecular formula is C19H14F4N4O3S. The van der Waals surface area contributed by atoms with Crippen LogP contribution < -0.4 is 10.1 Å². The second kappa shape index (κ2) is 9.51. The Kier molecular flexibility index (Phi) is 6.80. The number of amides is 1. The smallest absolute Gasteiger partial charge is 0.416 e.